The smallest absolute Gasteiger partial charge is 0.326 e. The van der Waals surface area contributed by atoms with Gasteiger partial charge in [-0.3, -0.25) is 29.7 Å². The minimum atomic E-state index is -1.49. The maximum Gasteiger partial charge on any atom is 0.326 e. The maximum atomic E-state index is 12.1. The highest BCUT2D eigenvalue weighted by molar-refractivity contribution is 5.86. The van der Waals surface area contributed by atoms with Gasteiger partial charge in [0.05, 0.1) is 28.7 Å². The Bertz CT molecular complexity index is 1330. The predicted octanol–water partition coefficient (Wildman–Crippen LogP) is 1.35. The van der Waals surface area contributed by atoms with Gasteiger partial charge in [-0.2, -0.15) is 0 Å². The molecule has 0 aliphatic carbocycles. The number of unbranched alkanes of at least 4 members (excludes halogenated alkanes) is 1. The lowest BCUT2D eigenvalue weighted by molar-refractivity contribution is -0.393. The molecule has 0 spiro atoms. The lowest BCUT2D eigenvalue weighted by atomic mass is 10.1. The van der Waals surface area contributed by atoms with Crippen molar-refractivity contribution in [3.8, 4) is 0 Å². The van der Waals surface area contributed by atoms with Gasteiger partial charge in [-0.05, 0) is 38.2 Å². The number of benzene rings is 1. The number of ether oxygens (including phenoxy) is 1. The van der Waals surface area contributed by atoms with Crippen LogP contribution in [-0.4, -0.2) is 89.3 Å². The number of carbonyl (C=O) groups excluding carboxylic acids is 1. The Labute approximate surface area is 248 Å². The third-order valence-electron chi connectivity index (χ3n) is 5.99. The number of nitrogens with one attached hydrogen (secondary N) is 3. The molecule has 6 N–H and O–H groups in total. The Hall–Kier alpha value is -5.40. The van der Waals surface area contributed by atoms with Gasteiger partial charge < -0.3 is 36.0 Å². The van der Waals surface area contributed by atoms with E-state index in [1.165, 1.54) is 16.8 Å². The van der Waals surface area contributed by atoms with Crippen LogP contribution in [0.25, 0.3) is 0 Å². The van der Waals surface area contributed by atoms with Crippen molar-refractivity contribution in [2.75, 3.05) is 18.5 Å². The molecule has 2 aromatic rings. The van der Waals surface area contributed by atoms with Crippen LogP contribution in [0.1, 0.15) is 44.2 Å². The molecular formula is C24H32N8O12. The number of anilines is 1. The number of aromatic nitrogens is 3. The monoisotopic (exact) mass is 624 g/mol. The summed E-state index contributed by atoms with van der Waals surface area (Å²) in [7, 11) is 0. The number of carboxylic acid groups (broad SMARTS) is 3. The second kappa shape index (κ2) is 17.5. The van der Waals surface area contributed by atoms with Crippen LogP contribution in [0.5, 0.6) is 0 Å². The van der Waals surface area contributed by atoms with Crippen molar-refractivity contribution in [1.82, 2.24) is 25.6 Å². The number of carbonyl (C=O) groups is 4. The molecule has 1 heterocycles. The molecule has 44 heavy (non-hydrogen) atoms. The molecule has 0 bridgehead atoms. The predicted molar refractivity (Wildman–Crippen MR) is 148 cm³/mol. The highest BCUT2D eigenvalue weighted by Crippen LogP contribution is 2.28. The normalized spacial score (nSPS) is 12.1. The van der Waals surface area contributed by atoms with Crippen molar-refractivity contribution in [2.45, 2.75) is 63.8 Å². The second-order valence-corrected chi connectivity index (χ2v) is 9.35. The van der Waals surface area contributed by atoms with Crippen molar-refractivity contribution in [1.29, 1.82) is 0 Å². The van der Waals surface area contributed by atoms with Crippen LogP contribution in [0.15, 0.2) is 24.4 Å². The van der Waals surface area contributed by atoms with E-state index in [0.717, 1.165) is 6.07 Å². The molecule has 1 aromatic carbocycles. The van der Waals surface area contributed by atoms with E-state index < -0.39 is 58.0 Å². The number of aliphatic carboxylic acids is 3. The summed E-state index contributed by atoms with van der Waals surface area (Å²) < 4.78 is 7.06. The van der Waals surface area contributed by atoms with Crippen molar-refractivity contribution < 1.29 is 49.1 Å². The largest absolute Gasteiger partial charge is 0.481 e. The number of nitro groups is 2. The van der Waals surface area contributed by atoms with Crippen LogP contribution in [-0.2, 0) is 32.3 Å². The van der Waals surface area contributed by atoms with Crippen LogP contribution < -0.4 is 16.0 Å². The molecule has 0 radical (unpaired) electrons. The third-order valence-corrected chi connectivity index (χ3v) is 5.99. The fourth-order valence-electron chi connectivity index (χ4n) is 3.79. The summed E-state index contributed by atoms with van der Waals surface area (Å²) in [6, 6.07) is -0.509. The van der Waals surface area contributed by atoms with Crippen molar-refractivity contribution in [3.63, 3.8) is 0 Å². The molecule has 0 aliphatic rings. The summed E-state index contributed by atoms with van der Waals surface area (Å²) >= 11 is 0. The molecule has 0 unspecified atom stereocenters. The molecule has 2 amide bonds. The van der Waals surface area contributed by atoms with Crippen molar-refractivity contribution in [3.05, 3.63) is 50.3 Å². The maximum absolute atomic E-state index is 12.1. The van der Waals surface area contributed by atoms with Gasteiger partial charge in [-0.1, -0.05) is 5.21 Å². The van der Waals surface area contributed by atoms with E-state index >= 15 is 0 Å². The topological polar surface area (TPSA) is 291 Å². The number of urea groups is 1. The van der Waals surface area contributed by atoms with Gasteiger partial charge in [-0.25, -0.2) is 14.4 Å². The van der Waals surface area contributed by atoms with Crippen LogP contribution in [0, 0.1) is 20.2 Å². The lowest BCUT2D eigenvalue weighted by Gasteiger charge is -2.18. The van der Waals surface area contributed by atoms with Gasteiger partial charge in [0.2, 0.25) is 0 Å². The van der Waals surface area contributed by atoms with E-state index in [-0.39, 0.29) is 37.4 Å². The molecular weight excluding hydrogens is 592 g/mol. The molecule has 0 fully saturated rings. The van der Waals surface area contributed by atoms with E-state index in [1.807, 2.05) is 0 Å². The Kier molecular flexibility index (Phi) is 13.9. The molecule has 0 saturated carbocycles. The second-order valence-electron chi connectivity index (χ2n) is 9.35. The van der Waals surface area contributed by atoms with E-state index in [0.29, 0.717) is 38.0 Å². The number of nitro benzene ring substituents is 2. The Balaban J connectivity index is 1.68. The van der Waals surface area contributed by atoms with Crippen LogP contribution in [0.2, 0.25) is 0 Å². The van der Waals surface area contributed by atoms with E-state index in [2.05, 4.69) is 26.3 Å². The van der Waals surface area contributed by atoms with Gasteiger partial charge in [0, 0.05) is 32.2 Å². The SMILES string of the molecule is O=C(O)CC[C@H](NC(=O)N[C@@H](CCCCn1cc(COCCCNc2ccc([N+](=O)[O-])cc2[N+](=O)[O-])nn1)C(=O)O)C(=O)O. The number of carboxylic acids is 3. The Morgan fingerprint density at radius 1 is 0.955 bits per heavy atom. The average Bonchev–Trinajstić information content (AvgIpc) is 3.41. The number of hydrogen-bond acceptors (Lipinski definition) is 12. The molecule has 2 atom stereocenters. The van der Waals surface area contributed by atoms with Crippen LogP contribution >= 0.6 is 0 Å². The molecule has 2 rings (SSSR count). The highest BCUT2D eigenvalue weighted by Gasteiger charge is 2.25. The number of hydrogen-bond donors (Lipinski definition) is 6. The summed E-state index contributed by atoms with van der Waals surface area (Å²) in [5.41, 5.74) is -0.112. The lowest BCUT2D eigenvalue weighted by Crippen LogP contribution is -2.51. The summed E-state index contributed by atoms with van der Waals surface area (Å²) in [6.45, 7) is 1.12. The number of aryl methyl sites for hydroxylation is 1. The van der Waals surface area contributed by atoms with Gasteiger partial charge in [0.15, 0.2) is 0 Å². The first kappa shape index (κ1) is 34.8. The van der Waals surface area contributed by atoms with Crippen molar-refractivity contribution >= 4 is 41.0 Å². The Morgan fingerprint density at radius 2 is 1.64 bits per heavy atom. The summed E-state index contributed by atoms with van der Waals surface area (Å²) in [5, 5.41) is 64.3. The molecule has 1 aromatic heterocycles. The molecule has 0 aliphatic heterocycles. The quantitative estimate of drug-likeness (QED) is 0.0649. The first-order chi connectivity index (χ1) is 20.9. The molecule has 20 heteroatoms. The van der Waals surface area contributed by atoms with Crippen LogP contribution in [0.4, 0.5) is 21.9 Å². The number of nitrogens with zero attached hydrogens (tertiary/aromatic N) is 5. The van der Waals surface area contributed by atoms with Crippen LogP contribution in [0.3, 0.4) is 0 Å². The molecule has 20 nitrogen and oxygen atoms in total. The fourth-order valence-corrected chi connectivity index (χ4v) is 3.79. The van der Waals surface area contributed by atoms with Gasteiger partial charge in [-0.15, -0.1) is 5.10 Å². The van der Waals surface area contributed by atoms with E-state index in [4.69, 9.17) is 14.9 Å². The summed E-state index contributed by atoms with van der Waals surface area (Å²) in [4.78, 5) is 66.0. The zero-order valence-corrected chi connectivity index (χ0v) is 23.3. The first-order valence-electron chi connectivity index (χ1n) is 13.2. The van der Waals surface area contributed by atoms with E-state index in [1.54, 1.807) is 6.20 Å². The number of amides is 2. The zero-order valence-electron chi connectivity index (χ0n) is 23.3. The molecule has 240 valence electrons. The van der Waals surface area contributed by atoms with E-state index in [9.17, 15) is 44.5 Å². The van der Waals surface area contributed by atoms with Gasteiger partial charge in [0.1, 0.15) is 23.5 Å². The zero-order chi connectivity index (χ0) is 32.6. The Morgan fingerprint density at radius 3 is 2.25 bits per heavy atom. The average molecular weight is 625 g/mol. The summed E-state index contributed by atoms with van der Waals surface area (Å²) in [6.07, 6.45) is 2.14. The summed E-state index contributed by atoms with van der Waals surface area (Å²) in [5.74, 6) is -4.01. The third kappa shape index (κ3) is 12.2. The van der Waals surface area contributed by atoms with Gasteiger partial charge in [0.25, 0.3) is 11.4 Å². The highest BCUT2D eigenvalue weighted by atomic mass is 16.6. The minimum Gasteiger partial charge on any atom is -0.481 e. The number of non-ortho nitro benzene ring substituents is 1. The van der Waals surface area contributed by atoms with Crippen molar-refractivity contribution in [2.24, 2.45) is 0 Å². The molecule has 0 saturated heterocycles. The van der Waals surface area contributed by atoms with Gasteiger partial charge >= 0.3 is 23.9 Å². The fraction of sp³-hybridized carbons (Fsp3) is 0.500. The first-order valence-corrected chi connectivity index (χ1v) is 13.2. The minimum absolute atomic E-state index is 0.0390. The number of rotatable bonds is 21. The standard InChI is InChI=1S/C24H32N8O12/c33-21(34)8-7-19(23(37)38)27-24(39)26-18(22(35)36)4-1-2-10-30-13-15(28-29-30)14-44-11-3-9-25-17-6-5-16(31(40)41)12-20(17)32(42)43/h5-6,12-13,18-19,25H,1-4,7-11,14H2,(H,33,34)(H,35,36)(H,37,38)(H2,26,27,39)/t18-,19-/m0/s1.